The Kier molecular flexibility index (Phi) is 4.51. The summed E-state index contributed by atoms with van der Waals surface area (Å²) in [6.45, 7) is 3.90. The Bertz CT molecular complexity index is 327. The summed E-state index contributed by atoms with van der Waals surface area (Å²) in [5.41, 5.74) is 0.370. The molecule has 1 rings (SSSR count). The minimum Gasteiger partial charge on any atom is -0.488 e. The number of aryl methyl sites for hydroxylation is 1. The van der Waals surface area contributed by atoms with Crippen LogP contribution >= 0.6 is 15.9 Å². The SMILES string of the molecule is CCCCOc1c(F)c(C)cc(Br)c1F. The van der Waals surface area contributed by atoms with Crippen LogP contribution in [-0.4, -0.2) is 6.61 Å². The average Bonchev–Trinajstić information content (AvgIpc) is 2.20. The molecule has 0 aliphatic carbocycles. The lowest BCUT2D eigenvalue weighted by molar-refractivity contribution is 0.277. The highest BCUT2D eigenvalue weighted by Gasteiger charge is 2.16. The van der Waals surface area contributed by atoms with Crippen LogP contribution in [-0.2, 0) is 0 Å². The first-order chi connectivity index (χ1) is 7.07. The van der Waals surface area contributed by atoms with Crippen molar-refractivity contribution < 1.29 is 13.5 Å². The summed E-state index contributed by atoms with van der Waals surface area (Å²) in [5, 5.41) is 0. The smallest absolute Gasteiger partial charge is 0.192 e. The number of benzene rings is 1. The Morgan fingerprint density at radius 3 is 2.60 bits per heavy atom. The summed E-state index contributed by atoms with van der Waals surface area (Å²) in [6, 6.07) is 1.40. The molecule has 0 aliphatic heterocycles. The van der Waals surface area contributed by atoms with E-state index >= 15 is 0 Å². The molecule has 0 N–H and O–H groups in total. The summed E-state index contributed by atoms with van der Waals surface area (Å²) in [6.07, 6.45) is 1.71. The average molecular weight is 279 g/mol. The van der Waals surface area contributed by atoms with Crippen LogP contribution in [0.2, 0.25) is 0 Å². The van der Waals surface area contributed by atoms with E-state index in [9.17, 15) is 8.78 Å². The van der Waals surface area contributed by atoms with Gasteiger partial charge in [-0.2, -0.15) is 0 Å². The normalized spacial score (nSPS) is 10.5. The van der Waals surface area contributed by atoms with E-state index in [1.807, 2.05) is 6.92 Å². The molecule has 1 nitrogen and oxygen atoms in total. The van der Waals surface area contributed by atoms with Crippen LogP contribution in [0.1, 0.15) is 25.3 Å². The lowest BCUT2D eigenvalue weighted by Gasteiger charge is -2.10. The van der Waals surface area contributed by atoms with E-state index in [0.29, 0.717) is 12.2 Å². The zero-order valence-electron chi connectivity index (χ0n) is 8.74. The summed E-state index contributed by atoms with van der Waals surface area (Å²) >= 11 is 3.02. The van der Waals surface area contributed by atoms with Crippen LogP contribution in [0.25, 0.3) is 0 Å². The second kappa shape index (κ2) is 5.45. The molecule has 0 saturated carbocycles. The van der Waals surface area contributed by atoms with E-state index < -0.39 is 11.6 Å². The Balaban J connectivity index is 2.94. The van der Waals surface area contributed by atoms with Gasteiger partial charge in [0.15, 0.2) is 17.4 Å². The fraction of sp³-hybridized carbons (Fsp3) is 0.455. The van der Waals surface area contributed by atoms with E-state index in [-0.39, 0.29) is 10.2 Å². The highest BCUT2D eigenvalue weighted by atomic mass is 79.9. The van der Waals surface area contributed by atoms with E-state index in [0.717, 1.165) is 12.8 Å². The van der Waals surface area contributed by atoms with Crippen LogP contribution < -0.4 is 4.74 Å². The Labute approximate surface area is 96.6 Å². The van der Waals surface area contributed by atoms with E-state index in [4.69, 9.17) is 4.74 Å². The Morgan fingerprint density at radius 1 is 1.33 bits per heavy atom. The van der Waals surface area contributed by atoms with Crippen LogP contribution in [0, 0.1) is 18.6 Å². The van der Waals surface area contributed by atoms with E-state index in [1.54, 1.807) is 6.92 Å². The maximum atomic E-state index is 13.5. The third kappa shape index (κ3) is 2.91. The van der Waals surface area contributed by atoms with Crippen molar-refractivity contribution in [3.8, 4) is 5.75 Å². The molecule has 0 atom stereocenters. The van der Waals surface area contributed by atoms with Crippen LogP contribution in [0.4, 0.5) is 8.78 Å². The van der Waals surface area contributed by atoms with Crippen molar-refractivity contribution in [3.05, 3.63) is 27.7 Å². The number of hydrogen-bond acceptors (Lipinski definition) is 1. The van der Waals surface area contributed by atoms with Crippen LogP contribution in [0.3, 0.4) is 0 Å². The zero-order valence-corrected chi connectivity index (χ0v) is 10.3. The highest BCUT2D eigenvalue weighted by molar-refractivity contribution is 9.10. The lowest BCUT2D eigenvalue weighted by Crippen LogP contribution is -2.03. The molecule has 0 aromatic heterocycles. The number of hydrogen-bond donors (Lipinski definition) is 0. The molecule has 0 aliphatic rings. The van der Waals surface area contributed by atoms with Gasteiger partial charge < -0.3 is 4.74 Å². The molecule has 15 heavy (non-hydrogen) atoms. The molecule has 0 bridgehead atoms. The lowest BCUT2D eigenvalue weighted by atomic mass is 10.2. The molecule has 0 spiro atoms. The standard InChI is InChI=1S/C11H13BrF2O/c1-3-4-5-15-11-9(13)7(2)6-8(12)10(11)14/h6H,3-5H2,1-2H3. The molecule has 0 amide bonds. The predicted molar refractivity (Wildman–Crippen MR) is 59.2 cm³/mol. The van der Waals surface area contributed by atoms with E-state index in [2.05, 4.69) is 15.9 Å². The molecule has 1 aromatic rings. The molecule has 4 heteroatoms. The summed E-state index contributed by atoms with van der Waals surface area (Å²) in [5.74, 6) is -1.57. The molecule has 0 heterocycles. The second-order valence-electron chi connectivity index (χ2n) is 3.33. The Morgan fingerprint density at radius 2 is 2.00 bits per heavy atom. The molecular weight excluding hydrogens is 266 g/mol. The number of ether oxygens (including phenoxy) is 1. The van der Waals surface area contributed by atoms with Crippen molar-refractivity contribution >= 4 is 15.9 Å². The van der Waals surface area contributed by atoms with Gasteiger partial charge in [0.25, 0.3) is 0 Å². The van der Waals surface area contributed by atoms with Crippen LogP contribution in [0.15, 0.2) is 10.5 Å². The maximum Gasteiger partial charge on any atom is 0.192 e. The second-order valence-corrected chi connectivity index (χ2v) is 4.19. The van der Waals surface area contributed by atoms with Crippen LogP contribution in [0.5, 0.6) is 5.75 Å². The molecule has 0 saturated heterocycles. The van der Waals surface area contributed by atoms with E-state index in [1.165, 1.54) is 6.07 Å². The quantitative estimate of drug-likeness (QED) is 0.592. The predicted octanol–water partition coefficient (Wildman–Crippen LogP) is 4.21. The van der Waals surface area contributed by atoms with Gasteiger partial charge in [-0.15, -0.1) is 0 Å². The summed E-state index contributed by atoms with van der Waals surface area (Å²) < 4.78 is 32.3. The van der Waals surface area contributed by atoms with Crippen molar-refractivity contribution in [2.24, 2.45) is 0 Å². The van der Waals surface area contributed by atoms with Gasteiger partial charge in [0.05, 0.1) is 11.1 Å². The third-order valence-electron chi connectivity index (χ3n) is 2.04. The van der Waals surface area contributed by atoms with Crippen molar-refractivity contribution in [1.82, 2.24) is 0 Å². The molecule has 0 radical (unpaired) electrons. The van der Waals surface area contributed by atoms with Gasteiger partial charge in [-0.25, -0.2) is 8.78 Å². The van der Waals surface area contributed by atoms with Gasteiger partial charge in [-0.05, 0) is 40.9 Å². The third-order valence-corrected chi connectivity index (χ3v) is 2.62. The first-order valence-corrected chi connectivity index (χ1v) is 5.64. The molecular formula is C11H13BrF2O. The van der Waals surface area contributed by atoms with Crippen molar-refractivity contribution in [1.29, 1.82) is 0 Å². The van der Waals surface area contributed by atoms with Crippen molar-refractivity contribution in [2.75, 3.05) is 6.61 Å². The minimum absolute atomic E-state index is 0.230. The first-order valence-electron chi connectivity index (χ1n) is 4.84. The fourth-order valence-electron chi connectivity index (χ4n) is 1.15. The van der Waals surface area contributed by atoms with Gasteiger partial charge >= 0.3 is 0 Å². The molecule has 84 valence electrons. The first kappa shape index (κ1) is 12.4. The fourth-order valence-corrected chi connectivity index (χ4v) is 1.67. The summed E-state index contributed by atoms with van der Waals surface area (Å²) in [7, 11) is 0. The molecule has 0 unspecified atom stereocenters. The Hall–Kier alpha value is -0.640. The molecule has 1 aromatic carbocycles. The number of rotatable bonds is 4. The van der Waals surface area contributed by atoms with Gasteiger partial charge in [0.1, 0.15) is 0 Å². The van der Waals surface area contributed by atoms with Crippen molar-refractivity contribution in [2.45, 2.75) is 26.7 Å². The minimum atomic E-state index is -0.672. The van der Waals surface area contributed by atoms with Crippen molar-refractivity contribution in [3.63, 3.8) is 0 Å². The van der Waals surface area contributed by atoms with Gasteiger partial charge in [-0.3, -0.25) is 0 Å². The maximum absolute atomic E-state index is 13.5. The molecule has 0 fully saturated rings. The number of unbranched alkanes of at least 4 members (excludes halogenated alkanes) is 1. The zero-order chi connectivity index (χ0) is 11.4. The monoisotopic (exact) mass is 278 g/mol. The van der Waals surface area contributed by atoms with Gasteiger partial charge in [0, 0.05) is 0 Å². The highest BCUT2D eigenvalue weighted by Crippen LogP contribution is 2.30. The topological polar surface area (TPSA) is 9.23 Å². The van der Waals surface area contributed by atoms with Gasteiger partial charge in [0.2, 0.25) is 0 Å². The number of halogens is 3. The summed E-state index contributed by atoms with van der Waals surface area (Å²) in [4.78, 5) is 0. The largest absolute Gasteiger partial charge is 0.488 e. The van der Waals surface area contributed by atoms with Gasteiger partial charge in [-0.1, -0.05) is 13.3 Å².